The van der Waals surface area contributed by atoms with Crippen LogP contribution in [0, 0.1) is 82.6 Å². The molecule has 830 valence electrons. The van der Waals surface area contributed by atoms with Gasteiger partial charge < -0.3 is 55.3 Å². The van der Waals surface area contributed by atoms with Crippen molar-refractivity contribution in [1.82, 2.24) is 0 Å². The van der Waals surface area contributed by atoms with Gasteiger partial charge in [0.25, 0.3) is 11.8 Å². The number of hydrogen-bond acceptors (Lipinski definition) is 27. The number of allylic oxidation sites excluding steroid dienone is 3. The van der Waals surface area contributed by atoms with Crippen LogP contribution in [0.2, 0.25) is 0 Å². The minimum atomic E-state index is -5.77. The summed E-state index contributed by atoms with van der Waals surface area (Å²) < 4.78 is 478. The molecule has 0 amide bonds. The van der Waals surface area contributed by atoms with Crippen molar-refractivity contribution >= 4 is 101 Å². The lowest BCUT2D eigenvalue weighted by atomic mass is 10.1. The molecule has 0 aliphatic heterocycles. The Morgan fingerprint density at radius 1 is 0.383 bits per heavy atom. The van der Waals surface area contributed by atoms with Crippen LogP contribution < -0.4 is 14.2 Å². The Bertz CT molecular complexity index is 6490. The van der Waals surface area contributed by atoms with Gasteiger partial charge in [-0.1, -0.05) is 138 Å². The van der Waals surface area contributed by atoms with Crippen LogP contribution in [-0.2, 0) is 121 Å². The van der Waals surface area contributed by atoms with E-state index in [0.717, 1.165) is 59.2 Å². The zero-order chi connectivity index (χ0) is 117. The standard InChI is InChI=1S/C16H12F4O4S.C13H20F2O4.C11H8F4O5S.C11H8F4O2.C11H14O.2C8H7F3NO4S2.C7H10F2O2.C7H12O/c1-8(2)9-3-5-10(6-4-9)24-7-11-12(17)14(19)16(25(21,22)23)15(20)13(11)18;1-8(2)6-10(19-11(16)9(3)4)12(17)18-7-13(5,14)15;1-4(2)11(16)20-3-5-6(12)8(14)10(21(17,18)19)9(15)7(5)13;1-4(2)11(16)17-10-8(14)6(12)5(3)7(13)9(10)15;1-4-12-11-7-5-10(6-8-11)9(2)3;2*9-8(10,11)6-17(13,14)12-18(15,16)7-4-2-1-3-5-7;1-5(2)6(10)11-4-7(3,8)9;1-5-8-7(4)6(2)3/h3-6H,1,7H2,2H3,(H,21,22,23);8,10H,3,6-7H2,1-2,4-5H3;1,3H2,2H3,(H,17,18,19);1H2,2-3H3;5-8H,2,4H2,1,3H3;2*1-5H,6H2;1,4H2,2-3H3;2,4-5H2,1,3H3/q;;;;;2*-1;;/p-2. The first-order valence-electron chi connectivity index (χ1n) is 40.8. The maximum atomic E-state index is 13.8. The van der Waals surface area contributed by atoms with Gasteiger partial charge >= 0.3 is 42.2 Å². The van der Waals surface area contributed by atoms with Crippen molar-refractivity contribution in [3.8, 4) is 17.2 Å². The molecule has 0 saturated carbocycles. The second-order valence-electron chi connectivity index (χ2n) is 30.6. The summed E-state index contributed by atoms with van der Waals surface area (Å²) in [6.45, 7) is 45.7. The van der Waals surface area contributed by atoms with Crippen molar-refractivity contribution in [2.24, 2.45) is 5.92 Å². The number of rotatable bonds is 35. The molecule has 1 atom stereocenters. The number of ether oxygens (including phenoxy) is 8. The molecule has 7 aromatic rings. The van der Waals surface area contributed by atoms with Gasteiger partial charge in [0.2, 0.25) is 17.4 Å². The molecule has 0 N–H and O–H groups in total. The number of halogens is 22. The predicted molar refractivity (Wildman–Crippen MR) is 494 cm³/mol. The molecule has 0 fully saturated rings. The first kappa shape index (κ1) is 138. The van der Waals surface area contributed by atoms with E-state index >= 15 is 0 Å². The zero-order valence-electron chi connectivity index (χ0n) is 80.7. The molecule has 29 nitrogen and oxygen atoms in total. The first-order valence-corrected chi connectivity index (χ1v) is 49.7. The van der Waals surface area contributed by atoms with Crippen molar-refractivity contribution in [1.29, 1.82) is 0 Å². The zero-order valence-corrected chi connectivity index (χ0v) is 85.6. The van der Waals surface area contributed by atoms with E-state index in [9.17, 15) is 180 Å². The Balaban J connectivity index is 0. The third-order valence-electron chi connectivity index (χ3n) is 16.0. The van der Waals surface area contributed by atoms with E-state index in [0.29, 0.717) is 32.8 Å². The fourth-order valence-corrected chi connectivity index (χ4v) is 15.6. The molecule has 0 spiro atoms. The predicted octanol–water partition coefficient (Wildman–Crippen LogP) is 21.6. The van der Waals surface area contributed by atoms with E-state index in [-0.39, 0.29) is 40.4 Å². The minimum absolute atomic E-state index is 0.0395. The SMILES string of the molecule is C=C(C)C(=C)OCC.C=C(C)C(=O)OC(CC(C)C)C(=O)OCC(C)(F)F.C=C(C)C(=O)OCC(C)(F)F.C=C(C)C(=O)OCc1c(F)c(F)c(S(=O)(=O)[O-])c(F)c1F.C=C(C)C(=O)Oc1c(F)c(F)c(C)c(F)c1F.C=C(C)c1ccc(OCC)cc1.C=C(C)c1ccc(OCc2c(F)c(F)c(S(=O)(=O)[O-])c(F)c2F)cc1.O=S(=O)(CC(F)(F)F)[N-]S(=O)(=O)c1ccccc1.O=S(=O)(CC(F)(F)F)[N-]S(=O)(=O)c1ccccc1. The maximum absolute atomic E-state index is 13.8. The second-order valence-corrected chi connectivity index (χ2v) is 40.1. The Hall–Kier alpha value is -12.8. The largest absolute Gasteiger partial charge is 0.744 e. The molecule has 0 bridgehead atoms. The minimum Gasteiger partial charge on any atom is -0.744 e. The summed E-state index contributed by atoms with van der Waals surface area (Å²) in [7, 11) is -31.1. The highest BCUT2D eigenvalue weighted by Crippen LogP contribution is 2.35. The maximum Gasteiger partial charge on any atom is 0.401 e. The Labute approximate surface area is 843 Å². The third kappa shape index (κ3) is 51.8. The molecule has 149 heavy (non-hydrogen) atoms. The number of sulfonamides is 4. The molecule has 57 heteroatoms. The second kappa shape index (κ2) is 60.2. The van der Waals surface area contributed by atoms with Gasteiger partial charge in [0.15, 0.2) is 77.5 Å². The molecular formula is C92H96F22N2O27S6-4. The monoisotopic (exact) mass is 2270 g/mol. The van der Waals surface area contributed by atoms with E-state index in [1.807, 2.05) is 65.8 Å². The molecule has 7 rings (SSSR count). The lowest BCUT2D eigenvalue weighted by molar-refractivity contribution is -0.173. The number of nitrogens with zero attached hydrogens (tertiary/aromatic N) is 2. The van der Waals surface area contributed by atoms with Crippen molar-refractivity contribution in [3.05, 3.63) is 301 Å². The summed E-state index contributed by atoms with van der Waals surface area (Å²) in [6, 6.07) is 26.3. The number of carbonyl (C=O) groups excluding carboxylic acids is 5. The molecule has 1 unspecified atom stereocenters. The van der Waals surface area contributed by atoms with Gasteiger partial charge in [-0.15, -0.1) is 0 Å². The van der Waals surface area contributed by atoms with E-state index in [2.05, 4.69) is 79.8 Å². The van der Waals surface area contributed by atoms with Gasteiger partial charge in [-0.25, -0.2) is 136 Å². The number of alkyl halides is 10. The molecule has 0 aliphatic carbocycles. The van der Waals surface area contributed by atoms with Crippen LogP contribution in [-0.4, -0.2) is 158 Å². The normalized spacial score (nSPS) is 11.6. The fraction of sp³-hybridized carbons (Fsp3) is 0.315. The molecule has 0 aliphatic rings. The van der Waals surface area contributed by atoms with Crippen LogP contribution in [0.15, 0.2) is 215 Å². The highest BCUT2D eigenvalue weighted by Gasteiger charge is 2.37. The smallest absolute Gasteiger partial charge is 0.401 e. The van der Waals surface area contributed by atoms with Gasteiger partial charge in [0, 0.05) is 51.5 Å². The van der Waals surface area contributed by atoms with Gasteiger partial charge in [-0.3, -0.25) is 0 Å². The van der Waals surface area contributed by atoms with Crippen LogP contribution in [0.25, 0.3) is 19.4 Å². The van der Waals surface area contributed by atoms with Crippen LogP contribution in [0.3, 0.4) is 0 Å². The van der Waals surface area contributed by atoms with Crippen molar-refractivity contribution in [3.63, 3.8) is 0 Å². The topological polar surface area (TPSA) is 438 Å². The number of esters is 5. The summed E-state index contributed by atoms with van der Waals surface area (Å²) in [6.07, 6.45) is -11.1. The molecule has 7 aromatic carbocycles. The van der Waals surface area contributed by atoms with E-state index in [1.54, 1.807) is 19.1 Å². The summed E-state index contributed by atoms with van der Waals surface area (Å²) >= 11 is 0. The quantitative estimate of drug-likeness (QED) is 0.00410. The van der Waals surface area contributed by atoms with Gasteiger partial charge in [0.1, 0.15) is 92.1 Å². The summed E-state index contributed by atoms with van der Waals surface area (Å²) in [5.74, 6) is -39.4. The Morgan fingerprint density at radius 2 is 0.698 bits per heavy atom. The summed E-state index contributed by atoms with van der Waals surface area (Å²) in [4.78, 5) is 50.1. The average molecular weight is 2270 g/mol. The number of hydrogen-bond donors (Lipinski definition) is 0. The fourth-order valence-electron chi connectivity index (χ4n) is 9.04. The van der Waals surface area contributed by atoms with E-state index < -0.39 is 270 Å². The molecule has 0 saturated heterocycles. The number of benzene rings is 7. The number of carbonyl (C=O) groups is 5. The van der Waals surface area contributed by atoms with Crippen LogP contribution >= 0.6 is 0 Å². The van der Waals surface area contributed by atoms with Gasteiger partial charge in [-0.2, -0.15) is 35.1 Å². The average Bonchev–Trinajstić information content (AvgIpc) is 0.769. The van der Waals surface area contributed by atoms with E-state index in [1.165, 1.54) is 81.8 Å². The summed E-state index contributed by atoms with van der Waals surface area (Å²) in [5.41, 5.74) is 1.27. The Morgan fingerprint density at radius 3 is 0.973 bits per heavy atom. The molecular weight excluding hydrogens is 2180 g/mol. The lowest BCUT2D eigenvalue weighted by Crippen LogP contribution is -2.33. The molecule has 0 radical (unpaired) electrons. The highest BCUT2D eigenvalue weighted by molar-refractivity contribution is 8.12. The third-order valence-corrected chi connectivity index (χ3v) is 24.2. The van der Waals surface area contributed by atoms with Crippen LogP contribution in [0.4, 0.5) is 96.6 Å². The van der Waals surface area contributed by atoms with Crippen molar-refractivity contribution in [2.75, 3.05) is 37.9 Å². The molecule has 0 heterocycles. The van der Waals surface area contributed by atoms with Gasteiger partial charge in [-0.05, 0) is 147 Å². The first-order chi connectivity index (χ1) is 67.6. The highest BCUT2D eigenvalue weighted by atomic mass is 32.3. The van der Waals surface area contributed by atoms with Crippen molar-refractivity contribution in [2.45, 2.75) is 166 Å². The Kier molecular flexibility index (Phi) is 55.8. The van der Waals surface area contributed by atoms with Crippen molar-refractivity contribution < 1.29 is 218 Å². The van der Waals surface area contributed by atoms with Gasteiger partial charge in [0.05, 0.1) is 44.4 Å². The van der Waals surface area contributed by atoms with E-state index in [4.69, 9.17) is 18.9 Å². The lowest BCUT2D eigenvalue weighted by Gasteiger charge is -2.21. The van der Waals surface area contributed by atoms with Crippen LogP contribution in [0.5, 0.6) is 17.2 Å². The molecule has 0 aromatic heterocycles. The summed E-state index contributed by atoms with van der Waals surface area (Å²) in [5, 5.41) is 0. The van der Waals surface area contributed by atoms with Crippen LogP contribution in [0.1, 0.15) is 124 Å².